The Kier molecular flexibility index (Phi) is 3.11. The maximum atomic E-state index is 10.7. The van der Waals surface area contributed by atoms with Gasteiger partial charge in [0.1, 0.15) is 6.61 Å². The van der Waals surface area contributed by atoms with E-state index in [1.807, 2.05) is 0 Å². The molecule has 0 saturated carbocycles. The molecule has 0 saturated heterocycles. The van der Waals surface area contributed by atoms with Gasteiger partial charge in [-0.3, -0.25) is 4.98 Å². The number of carboxylic acid groups (broad SMARTS) is 1. The van der Waals surface area contributed by atoms with E-state index in [1.165, 1.54) is 17.4 Å². The molecule has 0 aliphatic heterocycles. The average molecular weight is 236 g/mol. The summed E-state index contributed by atoms with van der Waals surface area (Å²) in [5.74, 6) is -0.767. The van der Waals surface area contributed by atoms with Crippen LogP contribution in [0.2, 0.25) is 0 Å². The first-order valence-electron chi connectivity index (χ1n) is 4.46. The van der Waals surface area contributed by atoms with Crippen molar-refractivity contribution in [2.75, 3.05) is 0 Å². The number of thiazole rings is 1. The Morgan fingerprint density at radius 2 is 2.38 bits per heavy atom. The Morgan fingerprint density at radius 3 is 3.06 bits per heavy atom. The van der Waals surface area contributed by atoms with Crippen LogP contribution in [0.3, 0.4) is 0 Å². The van der Waals surface area contributed by atoms with E-state index in [0.717, 1.165) is 4.88 Å². The summed E-state index contributed by atoms with van der Waals surface area (Å²) in [5.41, 5.74) is 1.68. The van der Waals surface area contributed by atoms with Gasteiger partial charge in [-0.25, -0.2) is 9.78 Å². The monoisotopic (exact) mass is 236 g/mol. The van der Waals surface area contributed by atoms with Crippen molar-refractivity contribution < 1.29 is 14.6 Å². The summed E-state index contributed by atoms with van der Waals surface area (Å²) >= 11 is 1.47. The van der Waals surface area contributed by atoms with Crippen LogP contribution in [0.15, 0.2) is 29.9 Å². The molecule has 0 aliphatic carbocycles. The summed E-state index contributed by atoms with van der Waals surface area (Å²) in [6.07, 6.45) is 1.70. The summed E-state index contributed by atoms with van der Waals surface area (Å²) in [5, 5.41) is 8.74. The molecule has 0 radical (unpaired) electrons. The molecule has 2 aromatic rings. The van der Waals surface area contributed by atoms with Gasteiger partial charge in [0.2, 0.25) is 5.88 Å². The van der Waals surface area contributed by atoms with Crippen LogP contribution in [-0.2, 0) is 6.61 Å². The number of nitrogens with zero attached hydrogens (tertiary/aromatic N) is 2. The van der Waals surface area contributed by atoms with Crippen molar-refractivity contribution in [3.63, 3.8) is 0 Å². The maximum Gasteiger partial charge on any atom is 0.354 e. The molecule has 0 fully saturated rings. The molecule has 0 unspecified atom stereocenters. The summed E-state index contributed by atoms with van der Waals surface area (Å²) in [4.78, 5) is 19.4. The molecule has 0 bridgehead atoms. The Balaban J connectivity index is 2.04. The molecule has 2 heterocycles. The Labute approximate surface area is 95.4 Å². The third-order valence-corrected chi connectivity index (χ3v) is 2.54. The first-order chi connectivity index (χ1) is 7.75. The predicted octanol–water partition coefficient (Wildman–Crippen LogP) is 1.82. The number of hydrogen-bond acceptors (Lipinski definition) is 5. The van der Waals surface area contributed by atoms with E-state index in [1.54, 1.807) is 23.8 Å². The van der Waals surface area contributed by atoms with Crippen molar-refractivity contribution in [3.8, 4) is 5.88 Å². The van der Waals surface area contributed by atoms with Gasteiger partial charge < -0.3 is 9.84 Å². The Bertz CT molecular complexity index is 485. The number of aromatic carboxylic acids is 1. The van der Waals surface area contributed by atoms with Crippen LogP contribution >= 0.6 is 11.3 Å². The Morgan fingerprint density at radius 1 is 1.50 bits per heavy atom. The molecule has 0 aliphatic rings. The van der Waals surface area contributed by atoms with Gasteiger partial charge in [0.25, 0.3) is 0 Å². The van der Waals surface area contributed by atoms with Crippen molar-refractivity contribution in [2.24, 2.45) is 0 Å². The highest BCUT2D eigenvalue weighted by Gasteiger charge is 2.05. The third kappa shape index (κ3) is 2.54. The zero-order valence-electron chi connectivity index (χ0n) is 8.16. The lowest BCUT2D eigenvalue weighted by Crippen LogP contribution is -2.02. The van der Waals surface area contributed by atoms with Crippen molar-refractivity contribution in [1.82, 2.24) is 9.97 Å². The highest BCUT2D eigenvalue weighted by Crippen LogP contribution is 2.12. The van der Waals surface area contributed by atoms with Crippen LogP contribution < -0.4 is 4.74 Å². The SMILES string of the molecule is O=C(O)c1cccc(OCc2cncs2)n1. The largest absolute Gasteiger partial charge is 0.477 e. The number of hydrogen-bond donors (Lipinski definition) is 1. The summed E-state index contributed by atoms with van der Waals surface area (Å²) in [6.45, 7) is 0.348. The van der Waals surface area contributed by atoms with Crippen LogP contribution in [0.5, 0.6) is 5.88 Å². The number of pyridine rings is 1. The molecule has 5 nitrogen and oxygen atoms in total. The fraction of sp³-hybridized carbons (Fsp3) is 0.100. The maximum absolute atomic E-state index is 10.7. The molecule has 0 amide bonds. The molecule has 16 heavy (non-hydrogen) atoms. The van der Waals surface area contributed by atoms with E-state index in [4.69, 9.17) is 9.84 Å². The lowest BCUT2D eigenvalue weighted by atomic mass is 10.3. The Hall–Kier alpha value is -1.95. The molecule has 2 rings (SSSR count). The highest BCUT2D eigenvalue weighted by atomic mass is 32.1. The lowest BCUT2D eigenvalue weighted by molar-refractivity contribution is 0.0689. The van der Waals surface area contributed by atoms with E-state index in [9.17, 15) is 4.79 Å². The second-order valence-electron chi connectivity index (χ2n) is 2.92. The van der Waals surface area contributed by atoms with Gasteiger partial charge in [0.05, 0.1) is 10.4 Å². The molecule has 2 aromatic heterocycles. The third-order valence-electron chi connectivity index (χ3n) is 1.79. The van der Waals surface area contributed by atoms with Gasteiger partial charge in [-0.15, -0.1) is 11.3 Å². The van der Waals surface area contributed by atoms with E-state index in [0.29, 0.717) is 12.5 Å². The minimum Gasteiger partial charge on any atom is -0.477 e. The molecular formula is C10H8N2O3S. The van der Waals surface area contributed by atoms with Crippen LogP contribution in [0.1, 0.15) is 15.4 Å². The van der Waals surface area contributed by atoms with Crippen LogP contribution in [0, 0.1) is 0 Å². The van der Waals surface area contributed by atoms with Gasteiger partial charge in [-0.1, -0.05) is 6.07 Å². The standard InChI is InChI=1S/C10H8N2O3S/c13-10(14)8-2-1-3-9(12-8)15-5-7-4-11-6-16-7/h1-4,6H,5H2,(H,13,14). The van der Waals surface area contributed by atoms with Gasteiger partial charge in [-0.05, 0) is 6.07 Å². The summed E-state index contributed by atoms with van der Waals surface area (Å²) in [7, 11) is 0. The zero-order chi connectivity index (χ0) is 11.4. The number of carboxylic acids is 1. The molecule has 6 heteroatoms. The fourth-order valence-corrected chi connectivity index (χ4v) is 1.58. The summed E-state index contributed by atoms with van der Waals surface area (Å²) in [6, 6.07) is 4.63. The molecule has 0 spiro atoms. The van der Waals surface area contributed by atoms with Gasteiger partial charge in [-0.2, -0.15) is 0 Å². The van der Waals surface area contributed by atoms with Gasteiger partial charge in [0, 0.05) is 12.3 Å². The normalized spacial score (nSPS) is 10.0. The number of carbonyl (C=O) groups is 1. The first kappa shape index (κ1) is 10.6. The quantitative estimate of drug-likeness (QED) is 0.876. The second-order valence-corrected chi connectivity index (χ2v) is 3.89. The van der Waals surface area contributed by atoms with E-state index in [2.05, 4.69) is 9.97 Å². The molecule has 0 aromatic carbocycles. The molecule has 1 N–H and O–H groups in total. The fourth-order valence-electron chi connectivity index (χ4n) is 1.07. The van der Waals surface area contributed by atoms with Crippen LogP contribution in [-0.4, -0.2) is 21.0 Å². The smallest absolute Gasteiger partial charge is 0.354 e. The lowest BCUT2D eigenvalue weighted by Gasteiger charge is -2.03. The zero-order valence-corrected chi connectivity index (χ0v) is 8.98. The minimum atomic E-state index is -1.07. The van der Waals surface area contributed by atoms with Crippen molar-refractivity contribution in [1.29, 1.82) is 0 Å². The van der Waals surface area contributed by atoms with E-state index in [-0.39, 0.29) is 5.69 Å². The number of ether oxygens (including phenoxy) is 1. The topological polar surface area (TPSA) is 72.3 Å². The molecule has 0 atom stereocenters. The second kappa shape index (κ2) is 4.71. The highest BCUT2D eigenvalue weighted by molar-refractivity contribution is 7.09. The minimum absolute atomic E-state index is 0.0261. The number of rotatable bonds is 4. The molecular weight excluding hydrogens is 228 g/mol. The predicted molar refractivity (Wildman–Crippen MR) is 57.6 cm³/mol. The van der Waals surface area contributed by atoms with Crippen molar-refractivity contribution >= 4 is 17.3 Å². The molecule has 82 valence electrons. The average Bonchev–Trinajstić information content (AvgIpc) is 2.79. The summed E-state index contributed by atoms with van der Waals surface area (Å²) < 4.78 is 5.34. The van der Waals surface area contributed by atoms with Crippen molar-refractivity contribution in [2.45, 2.75) is 6.61 Å². The van der Waals surface area contributed by atoms with E-state index >= 15 is 0 Å². The van der Waals surface area contributed by atoms with Gasteiger partial charge >= 0.3 is 5.97 Å². The van der Waals surface area contributed by atoms with E-state index < -0.39 is 5.97 Å². The van der Waals surface area contributed by atoms with Crippen LogP contribution in [0.4, 0.5) is 0 Å². The van der Waals surface area contributed by atoms with Crippen molar-refractivity contribution in [3.05, 3.63) is 40.5 Å². The number of aromatic nitrogens is 2. The first-order valence-corrected chi connectivity index (χ1v) is 5.34. The van der Waals surface area contributed by atoms with Gasteiger partial charge in [0.15, 0.2) is 5.69 Å². The van der Waals surface area contributed by atoms with Crippen LogP contribution in [0.25, 0.3) is 0 Å².